The van der Waals surface area contributed by atoms with Crippen molar-refractivity contribution >= 4 is 11.0 Å². The second-order valence-corrected chi connectivity index (χ2v) is 21.4. The van der Waals surface area contributed by atoms with Gasteiger partial charge in [0.15, 0.2) is 0 Å². The van der Waals surface area contributed by atoms with Crippen LogP contribution in [0, 0.1) is 17.9 Å². The molecule has 8 aromatic carbocycles. The van der Waals surface area contributed by atoms with Gasteiger partial charge in [0.1, 0.15) is 11.6 Å². The van der Waals surface area contributed by atoms with Crippen molar-refractivity contribution in [1.82, 2.24) is 14.5 Å². The van der Waals surface area contributed by atoms with Gasteiger partial charge in [-0.25, -0.2) is 4.98 Å². The molecule has 0 unspecified atom stereocenters. The molecule has 0 atom stereocenters. The number of hydrogen-bond acceptors (Lipinski definition) is 3. The minimum atomic E-state index is -1.53. The summed E-state index contributed by atoms with van der Waals surface area (Å²) in [6.07, 6.45) is 6.78. The first-order valence-corrected chi connectivity index (χ1v) is 26.6. The number of phenolic OH excluding ortho intramolecular Hbond substituents is 1. The maximum absolute atomic E-state index is 12.9. The summed E-state index contributed by atoms with van der Waals surface area (Å²) in [6, 6.07) is 67.3. The SMILES string of the molecule is [2H]C([2H])(c1ccc(-c2ccnc(-c3[c-]c(-c4cccc5c4nc(-c4cc(-c6ccccc6)cc(-c6ccccc6)c4O)n5-c4ccc(C([2H])([2H])C5CCCC5)cc4-c4ccccc4)cc(C(C)(C)C)c3)c2)cc1)C1CCCC1.[Pt]. The summed E-state index contributed by atoms with van der Waals surface area (Å²) in [5, 5.41) is 12.9. The Hall–Kier alpha value is -7.13. The molecule has 5 heteroatoms. The van der Waals surface area contributed by atoms with E-state index in [1.54, 1.807) is 0 Å². The summed E-state index contributed by atoms with van der Waals surface area (Å²) in [5.74, 6) is 0.623. The van der Waals surface area contributed by atoms with Crippen molar-refractivity contribution in [3.8, 4) is 89.7 Å². The summed E-state index contributed by atoms with van der Waals surface area (Å²) in [6.45, 7) is 6.65. The number of pyridine rings is 1. The first-order chi connectivity index (χ1) is 37.7. The van der Waals surface area contributed by atoms with Crippen molar-refractivity contribution in [3.63, 3.8) is 0 Å². The Balaban J connectivity index is 0.00000660. The van der Waals surface area contributed by atoms with Crippen LogP contribution < -0.4 is 0 Å². The summed E-state index contributed by atoms with van der Waals surface area (Å²) >= 11 is 0. The minimum Gasteiger partial charge on any atom is -0.507 e. The van der Waals surface area contributed by atoms with Gasteiger partial charge in [-0.2, -0.15) is 0 Å². The average Bonchev–Trinajstić information content (AvgIpc) is 4.41. The molecule has 0 aliphatic heterocycles. The van der Waals surface area contributed by atoms with Crippen molar-refractivity contribution < 1.29 is 31.7 Å². The number of rotatable bonds is 12. The number of aromatic nitrogens is 3. The van der Waals surface area contributed by atoms with E-state index in [9.17, 15) is 7.85 Å². The Morgan fingerprint density at radius 2 is 1.11 bits per heavy atom. The fraction of sp³-hybridized carbons (Fsp3) is 0.229. The van der Waals surface area contributed by atoms with E-state index in [0.717, 1.165) is 141 Å². The van der Waals surface area contributed by atoms with Crippen LogP contribution in [-0.4, -0.2) is 19.6 Å². The van der Waals surface area contributed by atoms with Crippen molar-refractivity contribution in [2.45, 2.75) is 90.3 Å². The molecule has 0 amide bonds. The smallest absolute Gasteiger partial charge is 0.148 e. The summed E-state index contributed by atoms with van der Waals surface area (Å²) in [5.41, 5.74) is 15.7. The van der Waals surface area contributed by atoms with Gasteiger partial charge < -0.3 is 5.11 Å². The number of aromatic hydroxyl groups is 1. The van der Waals surface area contributed by atoms with Gasteiger partial charge in [0.05, 0.1) is 22.3 Å². The average molecular weight is 1160 g/mol. The van der Waals surface area contributed by atoms with Crippen LogP contribution in [0.1, 0.15) is 94.3 Å². The predicted octanol–water partition coefficient (Wildman–Crippen LogP) is 18.4. The Labute approximate surface area is 463 Å². The molecular weight excluding hydrogens is 1090 g/mol. The van der Waals surface area contributed by atoms with Crippen molar-refractivity contribution in [2.75, 3.05) is 0 Å². The topological polar surface area (TPSA) is 50.9 Å². The van der Waals surface area contributed by atoms with Gasteiger partial charge >= 0.3 is 0 Å². The molecule has 75 heavy (non-hydrogen) atoms. The van der Waals surface area contributed by atoms with Crippen LogP contribution in [0.4, 0.5) is 0 Å². The molecule has 2 heterocycles. The molecule has 12 rings (SSSR count). The first kappa shape index (κ1) is 45.3. The van der Waals surface area contributed by atoms with E-state index in [-0.39, 0.29) is 44.1 Å². The molecule has 0 radical (unpaired) electrons. The first-order valence-electron chi connectivity index (χ1n) is 28.6. The normalized spacial score (nSPS) is 15.3. The number of imidazole rings is 1. The van der Waals surface area contributed by atoms with Crippen LogP contribution in [0.3, 0.4) is 0 Å². The fourth-order valence-corrected chi connectivity index (χ4v) is 11.3. The third-order valence-corrected chi connectivity index (χ3v) is 15.3. The molecule has 0 spiro atoms. The Morgan fingerprint density at radius 3 is 1.76 bits per heavy atom. The molecule has 2 aliphatic carbocycles. The van der Waals surface area contributed by atoms with Crippen molar-refractivity contribution in [1.29, 1.82) is 0 Å². The predicted molar refractivity (Wildman–Crippen MR) is 307 cm³/mol. The number of nitrogens with zero attached hydrogens (tertiary/aromatic N) is 3. The van der Waals surface area contributed by atoms with Gasteiger partial charge in [-0.05, 0) is 111 Å². The molecule has 2 aromatic heterocycles. The molecule has 0 saturated heterocycles. The van der Waals surface area contributed by atoms with Gasteiger partial charge in [0.25, 0.3) is 0 Å². The largest absolute Gasteiger partial charge is 0.507 e. The fourth-order valence-electron chi connectivity index (χ4n) is 11.3. The van der Waals surface area contributed by atoms with Gasteiger partial charge in [0.2, 0.25) is 0 Å². The number of para-hydroxylation sites is 1. The van der Waals surface area contributed by atoms with Gasteiger partial charge in [-0.3, -0.25) is 9.55 Å². The van der Waals surface area contributed by atoms with Crippen LogP contribution in [0.2, 0.25) is 0 Å². The molecule has 10 aromatic rings. The molecular formula is C70H64N3OPt-. The minimum absolute atomic E-state index is 0. The molecule has 376 valence electrons. The molecule has 1 N–H and O–H groups in total. The Bertz CT molecular complexity index is 3800. The standard InChI is InChI=1S/C70H64N3O.Pt/c1-70(2,3)59-42-57(41-58(43-59)64-46-55(36-37-71-64)52-33-30-49(31-34-52)38-47-18-13-14-19-47)60-28-17-29-66-67(60)72-69(63-45-56(51-22-7-4-8-23-51)44-62(68(63)74)54-26-11-6-12-27-54)73(66)65-35-32-50(39-48-20-15-16-21-48)40-61(65)53-24-9-5-10-25-53;/h4-12,17,22-37,40,42-48,74H,13-16,18-21,38-39H2,1-3H3;/q-1;/i38D2,39D2;. The Morgan fingerprint density at radius 1 is 0.533 bits per heavy atom. The van der Waals surface area contributed by atoms with E-state index in [0.29, 0.717) is 22.5 Å². The number of phenols is 1. The molecule has 0 bridgehead atoms. The van der Waals surface area contributed by atoms with Crippen LogP contribution in [-0.2, 0) is 39.2 Å². The van der Waals surface area contributed by atoms with E-state index in [2.05, 4.69) is 110 Å². The van der Waals surface area contributed by atoms with Gasteiger partial charge in [0, 0.05) is 49.6 Å². The molecule has 2 saturated carbocycles. The van der Waals surface area contributed by atoms with Crippen LogP contribution in [0.25, 0.3) is 95.0 Å². The molecule has 2 fully saturated rings. The zero-order chi connectivity index (χ0) is 53.8. The summed E-state index contributed by atoms with van der Waals surface area (Å²) in [7, 11) is 0. The van der Waals surface area contributed by atoms with Crippen LogP contribution in [0.5, 0.6) is 5.75 Å². The van der Waals surface area contributed by atoms with E-state index < -0.39 is 12.7 Å². The van der Waals surface area contributed by atoms with Crippen molar-refractivity contribution in [3.05, 3.63) is 217 Å². The summed E-state index contributed by atoms with van der Waals surface area (Å²) < 4.78 is 39.4. The maximum atomic E-state index is 12.9. The Kier molecular flexibility index (Phi) is 13.0. The van der Waals surface area contributed by atoms with E-state index in [1.807, 2.05) is 115 Å². The third-order valence-electron chi connectivity index (χ3n) is 15.3. The van der Waals surface area contributed by atoms with Crippen LogP contribution in [0.15, 0.2) is 194 Å². The van der Waals surface area contributed by atoms with E-state index >= 15 is 0 Å². The maximum Gasteiger partial charge on any atom is 0.148 e. The van der Waals surface area contributed by atoms with E-state index in [4.69, 9.17) is 12.7 Å². The van der Waals surface area contributed by atoms with Crippen LogP contribution >= 0.6 is 0 Å². The molecule has 2 aliphatic rings. The number of benzene rings is 8. The number of fused-ring (bicyclic) bond motifs is 1. The monoisotopic (exact) mass is 1160 g/mol. The van der Waals surface area contributed by atoms with Crippen molar-refractivity contribution in [2.24, 2.45) is 11.8 Å². The van der Waals surface area contributed by atoms with Gasteiger partial charge in [-0.1, -0.05) is 223 Å². The second kappa shape index (κ2) is 21.6. The molecule has 4 nitrogen and oxygen atoms in total. The second-order valence-electron chi connectivity index (χ2n) is 21.4. The van der Waals surface area contributed by atoms with E-state index in [1.165, 1.54) is 0 Å². The van der Waals surface area contributed by atoms with Gasteiger partial charge in [-0.15, -0.1) is 29.3 Å². The number of hydrogen-bond donors (Lipinski definition) is 1. The zero-order valence-electron chi connectivity index (χ0n) is 46.9. The summed E-state index contributed by atoms with van der Waals surface area (Å²) in [4.78, 5) is 10.7. The zero-order valence-corrected chi connectivity index (χ0v) is 45.2. The quantitative estimate of drug-likeness (QED) is 0.124. The third kappa shape index (κ3) is 10.5.